The Kier molecular flexibility index (Phi) is 6.69. The van der Waals surface area contributed by atoms with Gasteiger partial charge in [0.1, 0.15) is 6.54 Å². The molecule has 0 aliphatic carbocycles. The van der Waals surface area contributed by atoms with Crippen molar-refractivity contribution in [1.82, 2.24) is 9.80 Å². The molecule has 1 heterocycles. The lowest BCUT2D eigenvalue weighted by Gasteiger charge is -2.35. The molecule has 1 aromatic carbocycles. The maximum Gasteiger partial charge on any atom is 0.243 e. The summed E-state index contributed by atoms with van der Waals surface area (Å²) in [7, 11) is -3.57. The highest BCUT2D eigenvalue weighted by molar-refractivity contribution is 7.92. The topological polar surface area (TPSA) is 60.9 Å². The predicted octanol–water partition coefficient (Wildman–Crippen LogP) is 2.05. The van der Waals surface area contributed by atoms with E-state index >= 15 is 0 Å². The average molecular weight is 382 g/mol. The number of rotatable bonds is 6. The number of sulfonamides is 1. The first-order valence-corrected chi connectivity index (χ1v) is 11.1. The van der Waals surface area contributed by atoms with Crippen LogP contribution in [0.25, 0.3) is 0 Å². The molecule has 0 saturated carbocycles. The molecule has 0 N–H and O–H groups in total. The van der Waals surface area contributed by atoms with Crippen LogP contribution in [-0.2, 0) is 14.8 Å². The first-order chi connectivity index (χ1) is 12.1. The first-order valence-electron chi connectivity index (χ1n) is 9.22. The van der Waals surface area contributed by atoms with E-state index in [-0.39, 0.29) is 18.4 Å². The largest absolute Gasteiger partial charge is 0.339 e. The fourth-order valence-corrected chi connectivity index (χ4v) is 4.31. The number of likely N-dealkylation sites (N-methyl/N-ethyl adjacent to an activating group) is 1. The summed E-state index contributed by atoms with van der Waals surface area (Å²) < 4.78 is 26.3. The van der Waals surface area contributed by atoms with Gasteiger partial charge in [0.25, 0.3) is 0 Å². The van der Waals surface area contributed by atoms with Gasteiger partial charge in [-0.2, -0.15) is 0 Å². The molecule has 0 aromatic heterocycles. The molecule has 1 aliphatic heterocycles. The van der Waals surface area contributed by atoms with Crippen LogP contribution in [0.3, 0.4) is 0 Å². The molecule has 6 nitrogen and oxygen atoms in total. The summed E-state index contributed by atoms with van der Waals surface area (Å²) >= 11 is 0. The number of nitrogens with zero attached hydrogens (tertiary/aromatic N) is 3. The van der Waals surface area contributed by atoms with E-state index in [0.29, 0.717) is 18.8 Å². The minimum atomic E-state index is -3.57. The maximum absolute atomic E-state index is 12.8. The molecule has 1 saturated heterocycles. The summed E-state index contributed by atoms with van der Waals surface area (Å²) in [5, 5.41) is 0. The number of piperazine rings is 1. The second kappa shape index (κ2) is 8.39. The third kappa shape index (κ3) is 4.76. The molecule has 146 valence electrons. The van der Waals surface area contributed by atoms with Gasteiger partial charge >= 0.3 is 0 Å². The molecule has 7 heteroatoms. The number of carbonyl (C=O) groups excluding carboxylic acids is 1. The van der Waals surface area contributed by atoms with Crippen LogP contribution in [0.15, 0.2) is 18.2 Å². The molecule has 1 amide bonds. The molecule has 2 rings (SSSR count). The average Bonchev–Trinajstić information content (AvgIpc) is 2.58. The Hall–Kier alpha value is -1.60. The van der Waals surface area contributed by atoms with Crippen molar-refractivity contribution in [3.63, 3.8) is 0 Å². The van der Waals surface area contributed by atoms with Crippen LogP contribution in [0.2, 0.25) is 0 Å². The summed E-state index contributed by atoms with van der Waals surface area (Å²) in [4.78, 5) is 16.9. The van der Waals surface area contributed by atoms with Gasteiger partial charge in [0, 0.05) is 26.2 Å². The van der Waals surface area contributed by atoms with E-state index in [1.165, 1.54) is 10.6 Å². The van der Waals surface area contributed by atoms with Gasteiger partial charge in [-0.05, 0) is 30.5 Å². The van der Waals surface area contributed by atoms with Crippen LogP contribution in [0.5, 0.6) is 0 Å². The zero-order valence-corrected chi connectivity index (χ0v) is 17.3. The van der Waals surface area contributed by atoms with Gasteiger partial charge in [-0.15, -0.1) is 0 Å². The van der Waals surface area contributed by atoms with Crippen LogP contribution >= 0.6 is 0 Å². The van der Waals surface area contributed by atoms with Crippen molar-refractivity contribution in [1.29, 1.82) is 0 Å². The number of amides is 1. The van der Waals surface area contributed by atoms with E-state index in [1.54, 1.807) is 4.90 Å². The highest BCUT2D eigenvalue weighted by Gasteiger charge is 2.28. The Balaban J connectivity index is 2.29. The number of hydrogen-bond acceptors (Lipinski definition) is 4. The van der Waals surface area contributed by atoms with Gasteiger partial charge in [-0.3, -0.25) is 9.10 Å². The molecule has 1 aliphatic rings. The van der Waals surface area contributed by atoms with Crippen molar-refractivity contribution < 1.29 is 13.2 Å². The predicted molar refractivity (Wildman–Crippen MR) is 106 cm³/mol. The first kappa shape index (κ1) is 20.7. The zero-order valence-electron chi connectivity index (χ0n) is 16.5. The molecule has 0 unspecified atom stereocenters. The molecule has 0 spiro atoms. The van der Waals surface area contributed by atoms with Crippen LogP contribution in [0.4, 0.5) is 5.69 Å². The van der Waals surface area contributed by atoms with Gasteiger partial charge in [0.2, 0.25) is 15.9 Å². The quantitative estimate of drug-likeness (QED) is 0.757. The van der Waals surface area contributed by atoms with Crippen molar-refractivity contribution in [3.8, 4) is 0 Å². The minimum Gasteiger partial charge on any atom is -0.339 e. The summed E-state index contributed by atoms with van der Waals surface area (Å²) in [5.41, 5.74) is 2.45. The number of carbonyl (C=O) groups is 1. The second-order valence-electron chi connectivity index (χ2n) is 7.25. The molecule has 1 aromatic rings. The van der Waals surface area contributed by atoms with Gasteiger partial charge in [0.05, 0.1) is 11.9 Å². The molecule has 0 radical (unpaired) electrons. The summed E-state index contributed by atoms with van der Waals surface area (Å²) in [6.45, 7) is 11.9. The van der Waals surface area contributed by atoms with Gasteiger partial charge in [-0.25, -0.2) is 8.42 Å². The van der Waals surface area contributed by atoms with Crippen molar-refractivity contribution in [2.45, 2.75) is 33.6 Å². The number of anilines is 1. The monoisotopic (exact) mass is 381 g/mol. The molecular formula is C19H31N3O3S. The SMILES string of the molecule is CCN1CCN(C(=O)CN(c2c(C)cccc2C(C)C)S(C)(=O)=O)CC1. The van der Waals surface area contributed by atoms with Crippen molar-refractivity contribution >= 4 is 21.6 Å². The number of benzene rings is 1. The fourth-order valence-electron chi connectivity index (χ4n) is 3.39. The van der Waals surface area contributed by atoms with E-state index in [4.69, 9.17) is 0 Å². The van der Waals surface area contributed by atoms with E-state index in [2.05, 4.69) is 11.8 Å². The minimum absolute atomic E-state index is 0.135. The Morgan fingerprint density at radius 3 is 2.31 bits per heavy atom. The smallest absolute Gasteiger partial charge is 0.243 e. The summed E-state index contributed by atoms with van der Waals surface area (Å²) in [6.07, 6.45) is 1.17. The Labute approximate surface area is 157 Å². The van der Waals surface area contributed by atoms with Crippen molar-refractivity contribution in [2.75, 3.05) is 49.8 Å². The van der Waals surface area contributed by atoms with Crippen LogP contribution in [0.1, 0.15) is 37.8 Å². The van der Waals surface area contributed by atoms with Gasteiger partial charge in [0.15, 0.2) is 0 Å². The number of para-hydroxylation sites is 1. The molecule has 0 atom stereocenters. The number of hydrogen-bond donors (Lipinski definition) is 0. The lowest BCUT2D eigenvalue weighted by molar-refractivity contribution is -0.131. The summed E-state index contributed by atoms with van der Waals surface area (Å²) in [6, 6.07) is 5.76. The molecule has 26 heavy (non-hydrogen) atoms. The Morgan fingerprint density at radius 1 is 1.19 bits per heavy atom. The van der Waals surface area contributed by atoms with Crippen LogP contribution < -0.4 is 4.31 Å². The van der Waals surface area contributed by atoms with E-state index < -0.39 is 10.0 Å². The van der Waals surface area contributed by atoms with Gasteiger partial charge in [-0.1, -0.05) is 39.0 Å². The van der Waals surface area contributed by atoms with E-state index in [0.717, 1.165) is 30.8 Å². The third-order valence-corrected chi connectivity index (χ3v) is 6.10. The highest BCUT2D eigenvalue weighted by Crippen LogP contribution is 2.32. The maximum atomic E-state index is 12.8. The molecular weight excluding hydrogens is 350 g/mol. The van der Waals surface area contributed by atoms with Gasteiger partial charge < -0.3 is 9.80 Å². The molecule has 1 fully saturated rings. The zero-order chi connectivity index (χ0) is 19.5. The van der Waals surface area contributed by atoms with E-state index in [1.807, 2.05) is 39.0 Å². The van der Waals surface area contributed by atoms with Crippen molar-refractivity contribution in [3.05, 3.63) is 29.3 Å². The highest BCUT2D eigenvalue weighted by atomic mass is 32.2. The Morgan fingerprint density at radius 2 is 1.81 bits per heavy atom. The lowest BCUT2D eigenvalue weighted by atomic mass is 9.98. The molecule has 0 bridgehead atoms. The van der Waals surface area contributed by atoms with Crippen LogP contribution in [0, 0.1) is 6.92 Å². The second-order valence-corrected chi connectivity index (χ2v) is 9.16. The van der Waals surface area contributed by atoms with E-state index in [9.17, 15) is 13.2 Å². The number of aryl methyl sites for hydroxylation is 1. The van der Waals surface area contributed by atoms with Crippen molar-refractivity contribution in [2.24, 2.45) is 0 Å². The standard InChI is InChI=1S/C19H31N3O3S/c1-6-20-10-12-21(13-11-20)18(23)14-22(26(5,24)25)19-16(4)8-7-9-17(19)15(2)3/h7-9,15H,6,10-14H2,1-5H3. The Bertz CT molecular complexity index is 738. The van der Waals surface area contributed by atoms with Crippen LogP contribution in [-0.4, -0.2) is 69.6 Å². The lowest BCUT2D eigenvalue weighted by Crippen LogP contribution is -2.51. The fraction of sp³-hybridized carbons (Fsp3) is 0.632. The summed E-state index contributed by atoms with van der Waals surface area (Å²) in [5.74, 6) is 0.0292. The third-order valence-electron chi connectivity index (χ3n) is 4.99. The normalized spacial score (nSPS) is 16.2.